The van der Waals surface area contributed by atoms with E-state index in [-0.39, 0.29) is 22.1 Å². The third kappa shape index (κ3) is 3.45. The lowest BCUT2D eigenvalue weighted by molar-refractivity contribution is -0.385. The highest BCUT2D eigenvalue weighted by Crippen LogP contribution is 2.27. The first kappa shape index (κ1) is 16.0. The number of nitrogens with one attached hydrogen (secondary N) is 1. The average Bonchev–Trinajstić information content (AvgIpc) is 2.61. The van der Waals surface area contributed by atoms with Crippen LogP contribution in [0.4, 0.5) is 5.69 Å². The topological polar surface area (TPSA) is 106 Å². The summed E-state index contributed by atoms with van der Waals surface area (Å²) in [5.41, 5.74) is -0.760. The smallest absolute Gasteiger partial charge is 0.283 e. The van der Waals surface area contributed by atoms with Crippen LogP contribution in [0.3, 0.4) is 0 Å². The Morgan fingerprint density at radius 1 is 1.38 bits per heavy atom. The summed E-state index contributed by atoms with van der Waals surface area (Å²) < 4.78 is 22.9. The van der Waals surface area contributed by atoms with Crippen molar-refractivity contribution in [3.8, 4) is 0 Å². The summed E-state index contributed by atoms with van der Waals surface area (Å²) in [4.78, 5) is 22.3. The number of hydrogen-bond acceptors (Lipinski definition) is 5. The highest BCUT2D eigenvalue weighted by molar-refractivity contribution is 7.91. The molecule has 0 bridgehead atoms. The van der Waals surface area contributed by atoms with Crippen molar-refractivity contribution < 1.29 is 18.1 Å². The zero-order valence-corrected chi connectivity index (χ0v) is 12.8. The average molecular weight is 353 g/mol. The number of rotatable bonds is 3. The number of halogens is 2. The van der Waals surface area contributed by atoms with Crippen LogP contribution in [0.2, 0.25) is 5.02 Å². The van der Waals surface area contributed by atoms with Gasteiger partial charge >= 0.3 is 0 Å². The maximum Gasteiger partial charge on any atom is 0.283 e. The fourth-order valence-electron chi connectivity index (χ4n) is 2.07. The maximum absolute atomic E-state index is 12.1. The minimum absolute atomic E-state index is 0.0892. The summed E-state index contributed by atoms with van der Waals surface area (Å²) >= 11 is 11.7. The zero-order valence-electron chi connectivity index (χ0n) is 10.5. The molecule has 0 saturated carbocycles. The number of nitro groups is 1. The Morgan fingerprint density at radius 2 is 2.05 bits per heavy atom. The molecule has 0 aliphatic carbocycles. The van der Waals surface area contributed by atoms with Gasteiger partial charge in [0.2, 0.25) is 0 Å². The van der Waals surface area contributed by atoms with Crippen molar-refractivity contribution >= 4 is 44.6 Å². The molecule has 2 unspecified atom stereocenters. The van der Waals surface area contributed by atoms with Crippen molar-refractivity contribution in [2.75, 3.05) is 11.5 Å². The van der Waals surface area contributed by atoms with Crippen LogP contribution in [0.15, 0.2) is 18.2 Å². The molecule has 1 heterocycles. The Labute approximate surface area is 130 Å². The van der Waals surface area contributed by atoms with E-state index in [4.69, 9.17) is 23.2 Å². The van der Waals surface area contributed by atoms with Gasteiger partial charge in [-0.05, 0) is 6.07 Å². The van der Waals surface area contributed by atoms with E-state index in [0.717, 1.165) is 6.07 Å². The van der Waals surface area contributed by atoms with Gasteiger partial charge < -0.3 is 5.32 Å². The first-order valence-electron chi connectivity index (χ1n) is 5.79. The normalized spacial score (nSPS) is 23.7. The highest BCUT2D eigenvalue weighted by atomic mass is 35.5. The molecule has 0 radical (unpaired) electrons. The van der Waals surface area contributed by atoms with E-state index in [1.54, 1.807) is 0 Å². The quantitative estimate of drug-likeness (QED) is 0.502. The van der Waals surface area contributed by atoms with Gasteiger partial charge in [0, 0.05) is 6.07 Å². The summed E-state index contributed by atoms with van der Waals surface area (Å²) in [6.07, 6.45) is 0. The zero-order chi connectivity index (χ0) is 15.8. The van der Waals surface area contributed by atoms with Gasteiger partial charge in [0.25, 0.3) is 11.6 Å². The van der Waals surface area contributed by atoms with Crippen LogP contribution in [0.1, 0.15) is 10.4 Å². The van der Waals surface area contributed by atoms with Crippen LogP contribution >= 0.6 is 23.2 Å². The molecule has 1 aromatic rings. The van der Waals surface area contributed by atoms with Crippen LogP contribution in [0, 0.1) is 10.1 Å². The highest BCUT2D eigenvalue weighted by Gasteiger charge is 2.38. The number of benzene rings is 1. The lowest BCUT2D eigenvalue weighted by Crippen LogP contribution is -2.41. The monoisotopic (exact) mass is 352 g/mol. The summed E-state index contributed by atoms with van der Waals surface area (Å²) in [7, 11) is -3.32. The number of carbonyl (C=O) groups is 1. The van der Waals surface area contributed by atoms with Gasteiger partial charge in [0.05, 0.1) is 32.9 Å². The molecular formula is C11H10Cl2N2O5S. The number of alkyl halides is 1. The number of amides is 1. The molecule has 0 aromatic heterocycles. The minimum atomic E-state index is -3.32. The van der Waals surface area contributed by atoms with Gasteiger partial charge in [-0.1, -0.05) is 17.7 Å². The maximum atomic E-state index is 12.1. The molecular weight excluding hydrogens is 343 g/mol. The van der Waals surface area contributed by atoms with Crippen LogP contribution in [0.25, 0.3) is 0 Å². The van der Waals surface area contributed by atoms with Gasteiger partial charge in [0.15, 0.2) is 9.84 Å². The lowest BCUT2D eigenvalue weighted by atomic mass is 10.1. The second-order valence-corrected chi connectivity index (χ2v) is 7.69. The molecule has 1 aliphatic heterocycles. The van der Waals surface area contributed by atoms with Crippen LogP contribution in [-0.2, 0) is 9.84 Å². The third-order valence-electron chi connectivity index (χ3n) is 3.02. The van der Waals surface area contributed by atoms with E-state index in [1.807, 2.05) is 0 Å². The number of carbonyl (C=O) groups excluding carboxylic acids is 1. The molecule has 21 heavy (non-hydrogen) atoms. The fraction of sp³-hybridized carbons (Fsp3) is 0.364. The molecule has 2 rings (SSSR count). The molecule has 1 fully saturated rings. The van der Waals surface area contributed by atoms with Crippen molar-refractivity contribution in [1.82, 2.24) is 5.32 Å². The van der Waals surface area contributed by atoms with Crippen molar-refractivity contribution in [2.24, 2.45) is 0 Å². The number of nitro benzene ring substituents is 1. The van der Waals surface area contributed by atoms with Crippen LogP contribution < -0.4 is 5.32 Å². The molecule has 1 N–H and O–H groups in total. The Bertz CT molecular complexity index is 707. The van der Waals surface area contributed by atoms with Crippen LogP contribution in [-0.4, -0.2) is 42.2 Å². The molecule has 7 nitrogen and oxygen atoms in total. The molecule has 1 aromatic carbocycles. The molecule has 1 amide bonds. The Kier molecular flexibility index (Phi) is 4.40. The van der Waals surface area contributed by atoms with Gasteiger partial charge in [-0.15, -0.1) is 11.6 Å². The summed E-state index contributed by atoms with van der Waals surface area (Å²) in [6, 6.07) is 3.03. The van der Waals surface area contributed by atoms with Gasteiger partial charge in [-0.3, -0.25) is 14.9 Å². The Morgan fingerprint density at radius 3 is 2.57 bits per heavy atom. The summed E-state index contributed by atoms with van der Waals surface area (Å²) in [5, 5.41) is 12.5. The molecule has 10 heteroatoms. The molecule has 114 valence electrons. The van der Waals surface area contributed by atoms with Crippen molar-refractivity contribution in [3.05, 3.63) is 38.9 Å². The lowest BCUT2D eigenvalue weighted by Gasteiger charge is -2.14. The Balaban J connectivity index is 2.28. The SMILES string of the molecule is O=C(NC1CS(=O)(=O)CC1Cl)c1c(Cl)cccc1[N+](=O)[O-]. The fourth-order valence-corrected chi connectivity index (χ4v) is 4.87. The predicted octanol–water partition coefficient (Wildman–Crippen LogP) is 1.38. The van der Waals surface area contributed by atoms with Crippen molar-refractivity contribution in [1.29, 1.82) is 0 Å². The van der Waals surface area contributed by atoms with Crippen molar-refractivity contribution in [2.45, 2.75) is 11.4 Å². The van der Waals surface area contributed by atoms with E-state index in [9.17, 15) is 23.3 Å². The predicted molar refractivity (Wildman–Crippen MR) is 77.7 cm³/mol. The van der Waals surface area contributed by atoms with Gasteiger partial charge in [0.1, 0.15) is 5.56 Å². The van der Waals surface area contributed by atoms with Crippen molar-refractivity contribution in [3.63, 3.8) is 0 Å². The molecule has 0 spiro atoms. The number of nitrogens with zero attached hydrogens (tertiary/aromatic N) is 1. The van der Waals surface area contributed by atoms with Gasteiger partial charge in [-0.25, -0.2) is 8.42 Å². The molecule has 2 atom stereocenters. The van der Waals surface area contributed by atoms with E-state index < -0.39 is 37.8 Å². The summed E-state index contributed by atoms with van der Waals surface area (Å²) in [5.74, 6) is -1.37. The molecule has 1 aliphatic rings. The van der Waals surface area contributed by atoms with E-state index in [0.29, 0.717) is 0 Å². The van der Waals surface area contributed by atoms with E-state index >= 15 is 0 Å². The van der Waals surface area contributed by atoms with E-state index in [2.05, 4.69) is 5.32 Å². The first-order valence-corrected chi connectivity index (χ1v) is 8.43. The second-order valence-electron chi connectivity index (χ2n) is 4.56. The summed E-state index contributed by atoms with van der Waals surface area (Å²) in [6.45, 7) is 0. The second kappa shape index (κ2) is 5.78. The van der Waals surface area contributed by atoms with E-state index in [1.165, 1.54) is 12.1 Å². The van der Waals surface area contributed by atoms with Crippen LogP contribution in [0.5, 0.6) is 0 Å². The number of sulfone groups is 1. The third-order valence-corrected chi connectivity index (χ3v) is 5.71. The molecule has 1 saturated heterocycles. The minimum Gasteiger partial charge on any atom is -0.346 e. The standard InChI is InChI=1S/C11H10Cl2N2O5S/c12-6-2-1-3-9(15(17)18)10(6)11(16)14-8-5-21(19,20)4-7(8)13/h1-3,7-8H,4-5H2,(H,14,16). The van der Waals surface area contributed by atoms with Gasteiger partial charge in [-0.2, -0.15) is 0 Å². The largest absolute Gasteiger partial charge is 0.346 e. The first-order chi connectivity index (χ1) is 9.71. The Hall–Kier alpha value is -1.38. The number of hydrogen-bond donors (Lipinski definition) is 1.